The largest absolute Gasteiger partial charge is 0.369 e. The predicted octanol–water partition coefficient (Wildman–Crippen LogP) is 1.81. The van der Waals surface area contributed by atoms with Gasteiger partial charge in [-0.05, 0) is 44.2 Å². The zero-order chi connectivity index (χ0) is 23.2. The maximum Gasteiger partial charge on any atom is 0.274 e. The number of aliphatic imine (C=N–C) groups is 1. The number of pyridine rings is 1. The van der Waals surface area contributed by atoms with E-state index in [-0.39, 0.29) is 16.9 Å². The Morgan fingerprint density at radius 1 is 1.38 bits per heavy atom. The number of hydrogen-bond acceptors (Lipinski definition) is 6. The Morgan fingerprint density at radius 2 is 2.10 bits per heavy atom. The molecule has 0 unspecified atom stereocenters. The van der Waals surface area contributed by atoms with Crippen molar-refractivity contribution >= 4 is 27.6 Å². The van der Waals surface area contributed by atoms with Crippen molar-refractivity contribution in [3.05, 3.63) is 59.4 Å². The number of carbonyl (C=O) groups is 1. The van der Waals surface area contributed by atoms with Crippen molar-refractivity contribution in [1.29, 1.82) is 0 Å². The average molecular weight is 425 g/mol. The summed E-state index contributed by atoms with van der Waals surface area (Å²) in [6.07, 6.45) is 0.870. The third-order valence-electron chi connectivity index (χ3n) is 4.28. The molecule has 0 saturated heterocycles. The summed E-state index contributed by atoms with van der Waals surface area (Å²) in [7, 11) is -4.28. The molecule has 29 heavy (non-hydrogen) atoms. The summed E-state index contributed by atoms with van der Waals surface area (Å²) in [4.78, 5) is 20.0. The minimum absolute atomic E-state index is 0.0817. The van der Waals surface area contributed by atoms with E-state index in [2.05, 4.69) is 15.3 Å². The van der Waals surface area contributed by atoms with Gasteiger partial charge in [-0.2, -0.15) is 0 Å². The smallest absolute Gasteiger partial charge is 0.274 e. The number of guanidine groups is 1. The zero-order valence-corrected chi connectivity index (χ0v) is 16.3. The van der Waals surface area contributed by atoms with Crippen LogP contribution in [0.1, 0.15) is 32.6 Å². The van der Waals surface area contributed by atoms with Crippen molar-refractivity contribution in [2.24, 2.45) is 10.7 Å². The number of hydrogen-bond donors (Lipinski definition) is 2. The Kier molecular flexibility index (Phi) is 4.58. The van der Waals surface area contributed by atoms with Gasteiger partial charge in [-0.15, -0.1) is 0 Å². The first-order valence-electron chi connectivity index (χ1n) is 9.34. The summed E-state index contributed by atoms with van der Waals surface area (Å²) in [6, 6.07) is 5.71. The molecule has 1 aliphatic heterocycles. The molecule has 3 rings (SSSR count). The van der Waals surface area contributed by atoms with Crippen LogP contribution < -0.4 is 11.1 Å². The number of anilines is 1. The fraction of sp³-hybridized carbons (Fsp3) is 0.278. The van der Waals surface area contributed by atoms with Crippen molar-refractivity contribution in [1.82, 2.24) is 9.29 Å². The van der Waals surface area contributed by atoms with E-state index >= 15 is 0 Å². The molecule has 1 amide bonds. The minimum atomic E-state index is -4.28. The van der Waals surface area contributed by atoms with Crippen LogP contribution in [-0.4, -0.2) is 41.8 Å². The average Bonchev–Trinajstić information content (AvgIpc) is 2.60. The van der Waals surface area contributed by atoms with Crippen LogP contribution in [0.25, 0.3) is 0 Å². The van der Waals surface area contributed by atoms with Crippen molar-refractivity contribution < 1.29 is 24.7 Å². The van der Waals surface area contributed by atoms with Crippen LogP contribution in [0.2, 0.25) is 0 Å². The Morgan fingerprint density at radius 3 is 2.69 bits per heavy atom. The Bertz CT molecular complexity index is 1170. The van der Waals surface area contributed by atoms with Crippen LogP contribution in [0.15, 0.2) is 41.5 Å². The molecule has 0 saturated carbocycles. The van der Waals surface area contributed by atoms with Crippen LogP contribution in [-0.2, 0) is 15.6 Å². The van der Waals surface area contributed by atoms with Crippen molar-refractivity contribution in [2.75, 3.05) is 17.6 Å². The number of benzene rings is 1. The zero-order valence-electron chi connectivity index (χ0n) is 17.5. The molecule has 2 aromatic rings. The molecule has 1 aromatic heterocycles. The van der Waals surface area contributed by atoms with E-state index in [1.807, 2.05) is 0 Å². The highest BCUT2D eigenvalue weighted by molar-refractivity contribution is 7.89. The maximum atomic E-state index is 14.7. The highest BCUT2D eigenvalue weighted by atomic mass is 32.2. The van der Waals surface area contributed by atoms with E-state index in [1.54, 1.807) is 0 Å². The molecule has 11 heteroatoms. The van der Waals surface area contributed by atoms with Gasteiger partial charge in [-0.3, -0.25) is 4.79 Å². The predicted molar refractivity (Wildman–Crippen MR) is 104 cm³/mol. The van der Waals surface area contributed by atoms with Crippen LogP contribution in [0.4, 0.5) is 14.5 Å². The van der Waals surface area contributed by atoms with Gasteiger partial charge in [0, 0.05) is 17.7 Å². The summed E-state index contributed by atoms with van der Waals surface area (Å²) in [5.41, 5.74) is 3.93. The molecule has 2 heterocycles. The van der Waals surface area contributed by atoms with E-state index in [0.29, 0.717) is 4.31 Å². The molecule has 3 N–H and O–H groups in total. The number of amides is 1. The topological polar surface area (TPSA) is 118 Å². The molecular weight excluding hydrogens is 404 g/mol. The van der Waals surface area contributed by atoms with Gasteiger partial charge in [0.2, 0.25) is 16.0 Å². The van der Waals surface area contributed by atoms with Crippen molar-refractivity contribution in [3.8, 4) is 0 Å². The normalized spacial score (nSPS) is 22.3. The summed E-state index contributed by atoms with van der Waals surface area (Å²) >= 11 is 0. The molecule has 0 radical (unpaired) electrons. The van der Waals surface area contributed by atoms with E-state index in [9.17, 15) is 22.0 Å². The lowest BCUT2D eigenvalue weighted by Crippen LogP contribution is -2.52. The number of nitrogens with one attached hydrogen (secondary N) is 1. The second kappa shape index (κ2) is 7.39. The Balaban J connectivity index is 1.99. The maximum absolute atomic E-state index is 14.7. The lowest BCUT2D eigenvalue weighted by molar-refractivity contribution is 0.102. The molecule has 1 aromatic carbocycles. The van der Waals surface area contributed by atoms with Crippen molar-refractivity contribution in [3.63, 3.8) is 0 Å². The molecular formula is C18H19F2N5O3S. The first-order chi connectivity index (χ1) is 14.2. The monoisotopic (exact) mass is 425 g/mol. The summed E-state index contributed by atoms with van der Waals surface area (Å²) < 4.78 is 68.8. The van der Waals surface area contributed by atoms with E-state index < -0.39 is 51.3 Å². The summed E-state index contributed by atoms with van der Waals surface area (Å²) in [5, 5.41) is 2.48. The lowest BCUT2D eigenvalue weighted by Gasteiger charge is -2.36. The van der Waals surface area contributed by atoms with Gasteiger partial charge < -0.3 is 11.1 Å². The summed E-state index contributed by atoms with van der Waals surface area (Å²) in [6.45, 7) is 0.00556. The van der Waals surface area contributed by atoms with Crippen LogP contribution in [0.3, 0.4) is 0 Å². The highest BCUT2D eigenvalue weighted by Crippen LogP contribution is 2.35. The molecule has 8 nitrogen and oxygen atoms in total. The van der Waals surface area contributed by atoms with Crippen LogP contribution in [0.5, 0.6) is 0 Å². The number of aromatic nitrogens is 1. The summed E-state index contributed by atoms with van der Waals surface area (Å²) in [5.74, 6) is -3.46. The van der Waals surface area contributed by atoms with Gasteiger partial charge in [-0.1, -0.05) is 0 Å². The van der Waals surface area contributed by atoms with Crippen LogP contribution >= 0.6 is 0 Å². The third kappa shape index (κ3) is 4.04. The molecule has 0 spiro atoms. The highest BCUT2D eigenvalue weighted by Gasteiger charge is 2.42. The quantitative estimate of drug-likeness (QED) is 0.775. The van der Waals surface area contributed by atoms with Gasteiger partial charge in [0.05, 0.1) is 14.7 Å². The van der Waals surface area contributed by atoms with Crippen molar-refractivity contribution in [2.45, 2.75) is 19.4 Å². The fourth-order valence-corrected chi connectivity index (χ4v) is 4.67. The Hall–Kier alpha value is -3.08. The third-order valence-corrected chi connectivity index (χ3v) is 6.13. The Labute approximate surface area is 169 Å². The second-order valence-electron chi connectivity index (χ2n) is 6.50. The van der Waals surface area contributed by atoms with E-state index in [1.165, 1.54) is 25.1 Å². The molecule has 0 bridgehead atoms. The second-order valence-corrected chi connectivity index (χ2v) is 8.32. The molecule has 1 aliphatic rings. The van der Waals surface area contributed by atoms with Gasteiger partial charge in [0.15, 0.2) is 0 Å². The number of carbonyl (C=O) groups excluding carboxylic acids is 1. The first-order valence-corrected chi connectivity index (χ1v) is 9.95. The van der Waals surface area contributed by atoms with E-state index in [0.717, 1.165) is 25.3 Å². The number of sulfonamides is 1. The number of rotatable bonds is 4. The van der Waals surface area contributed by atoms with Gasteiger partial charge in [0.1, 0.15) is 22.9 Å². The van der Waals surface area contributed by atoms with Gasteiger partial charge in [-0.25, -0.2) is 31.5 Å². The fourth-order valence-electron chi connectivity index (χ4n) is 3.01. The molecule has 1 atom stereocenters. The standard InChI is InChI=1S/C18H19F2N5O3S/c1-3-25-17(21)24-18(2,10-29(25,27)28)13-8-12(5-6-14(13)20)23-16(26)15-7-4-11(19)9-22-15/h4-9H,3,10H2,1-2H3,(H2,21,24)(H,23,26)/t18-/m0/s1/i3D2. The molecule has 154 valence electrons. The molecule has 0 aliphatic carbocycles. The number of nitrogens with two attached hydrogens (primary N) is 1. The van der Waals surface area contributed by atoms with E-state index in [4.69, 9.17) is 8.48 Å². The first kappa shape index (κ1) is 18.0. The lowest BCUT2D eigenvalue weighted by atomic mass is 9.93. The van der Waals surface area contributed by atoms with Crippen LogP contribution in [0, 0.1) is 11.6 Å². The number of halogens is 2. The SMILES string of the molecule is [2H]C([2H])(C)N1C(N)=N[C@](C)(c2cc(NC(=O)c3ccc(F)cn3)ccc2F)CS1(=O)=O. The van der Waals surface area contributed by atoms with Gasteiger partial charge in [0.25, 0.3) is 5.91 Å². The minimum Gasteiger partial charge on any atom is -0.369 e. The number of nitrogens with zero attached hydrogens (tertiary/aromatic N) is 3. The molecule has 0 fully saturated rings. The van der Waals surface area contributed by atoms with Gasteiger partial charge >= 0.3 is 0 Å².